The number of aryl methyl sites for hydroxylation is 2. The molecule has 0 saturated carbocycles. The van der Waals surface area contributed by atoms with Gasteiger partial charge in [-0.1, -0.05) is 55.5 Å². The molecule has 2 aromatic rings. The molecule has 24 heavy (non-hydrogen) atoms. The van der Waals surface area contributed by atoms with E-state index < -0.39 is 0 Å². The van der Waals surface area contributed by atoms with Gasteiger partial charge in [0.2, 0.25) is 5.78 Å². The molecule has 2 aliphatic rings. The number of carbonyl (C=O) groups is 1. The fraction of sp³-hybridized carbons (Fsp3) is 0.136. The van der Waals surface area contributed by atoms with Crippen molar-refractivity contribution in [2.75, 3.05) is 0 Å². The summed E-state index contributed by atoms with van der Waals surface area (Å²) in [6, 6.07) is 19.9. The quantitative estimate of drug-likeness (QED) is 0.458. The summed E-state index contributed by atoms with van der Waals surface area (Å²) in [6.45, 7) is 4.10. The number of carbonyl (C=O) groups excluding carboxylic acids is 1. The first-order chi connectivity index (χ1) is 11.7. The molecule has 1 aromatic heterocycles. The van der Waals surface area contributed by atoms with Gasteiger partial charge in [0, 0.05) is 10.9 Å². The standard InChI is InChI=1S/C22H18O2/c1-3-15-12-19(18-11-6-4-5-10-17(15)18)21(23)20-13-16-9-7-8-14(2)22(16)24-20/h4-13H,3H2,1-2H3. The van der Waals surface area contributed by atoms with Gasteiger partial charge >= 0.3 is 0 Å². The zero-order valence-electron chi connectivity index (χ0n) is 13.8. The highest BCUT2D eigenvalue weighted by Gasteiger charge is 2.22. The van der Waals surface area contributed by atoms with Crippen LogP contribution in [0.4, 0.5) is 0 Å². The molecule has 0 saturated heterocycles. The average molecular weight is 314 g/mol. The molecule has 0 unspecified atom stereocenters. The summed E-state index contributed by atoms with van der Waals surface area (Å²) < 4.78 is 5.88. The molecule has 0 radical (unpaired) electrons. The number of benzene rings is 1. The first kappa shape index (κ1) is 14.7. The summed E-state index contributed by atoms with van der Waals surface area (Å²) in [5, 5.41) is 0.968. The fourth-order valence-corrected chi connectivity index (χ4v) is 3.33. The lowest BCUT2D eigenvalue weighted by Gasteiger charge is -1.99. The Kier molecular flexibility index (Phi) is 3.46. The van der Waals surface area contributed by atoms with Gasteiger partial charge in [-0.15, -0.1) is 0 Å². The van der Waals surface area contributed by atoms with E-state index in [2.05, 4.69) is 13.0 Å². The van der Waals surface area contributed by atoms with E-state index in [-0.39, 0.29) is 5.78 Å². The molecule has 2 heteroatoms. The molecule has 0 bridgehead atoms. The van der Waals surface area contributed by atoms with Gasteiger partial charge in [-0.3, -0.25) is 4.79 Å². The van der Waals surface area contributed by atoms with Gasteiger partial charge < -0.3 is 4.42 Å². The van der Waals surface area contributed by atoms with Crippen LogP contribution in [0.2, 0.25) is 0 Å². The topological polar surface area (TPSA) is 30.2 Å². The van der Waals surface area contributed by atoms with Crippen LogP contribution in [0.1, 0.15) is 34.2 Å². The number of para-hydroxylation sites is 1. The third-order valence-electron chi connectivity index (χ3n) is 4.58. The highest BCUT2D eigenvalue weighted by atomic mass is 16.3. The van der Waals surface area contributed by atoms with Gasteiger partial charge in [0.05, 0.1) is 0 Å². The molecule has 2 nitrogen and oxygen atoms in total. The van der Waals surface area contributed by atoms with Gasteiger partial charge in [0.1, 0.15) is 5.58 Å². The van der Waals surface area contributed by atoms with E-state index in [0.29, 0.717) is 5.76 Å². The van der Waals surface area contributed by atoms with Crippen molar-refractivity contribution in [1.82, 2.24) is 0 Å². The maximum Gasteiger partial charge on any atom is 0.228 e. The molecule has 0 amide bonds. The zero-order valence-corrected chi connectivity index (χ0v) is 13.8. The summed E-state index contributed by atoms with van der Waals surface area (Å²) in [5.41, 5.74) is 5.86. The Bertz CT molecular complexity index is 1020. The van der Waals surface area contributed by atoms with Gasteiger partial charge in [-0.05, 0) is 47.7 Å². The number of fused-ring (bicyclic) bond motifs is 2. The Morgan fingerprint density at radius 2 is 1.75 bits per heavy atom. The van der Waals surface area contributed by atoms with Gasteiger partial charge in [-0.25, -0.2) is 0 Å². The van der Waals surface area contributed by atoms with E-state index in [1.54, 1.807) is 0 Å². The summed E-state index contributed by atoms with van der Waals surface area (Å²) in [7, 11) is 0. The third-order valence-corrected chi connectivity index (χ3v) is 4.58. The minimum absolute atomic E-state index is 0.0542. The second-order valence-electron chi connectivity index (χ2n) is 6.11. The van der Waals surface area contributed by atoms with Crippen molar-refractivity contribution in [1.29, 1.82) is 0 Å². The molecule has 4 rings (SSSR count). The Hall–Kier alpha value is -2.87. The molecule has 0 atom stereocenters. The van der Waals surface area contributed by atoms with Crippen LogP contribution in [0.25, 0.3) is 22.1 Å². The minimum atomic E-state index is -0.0542. The van der Waals surface area contributed by atoms with Crippen molar-refractivity contribution in [2.24, 2.45) is 0 Å². The molecule has 0 N–H and O–H groups in total. The molecule has 1 heterocycles. The van der Waals surface area contributed by atoms with Gasteiger partial charge in [0.15, 0.2) is 5.76 Å². The van der Waals surface area contributed by atoms with Crippen molar-refractivity contribution in [3.05, 3.63) is 83.1 Å². The summed E-state index contributed by atoms with van der Waals surface area (Å²) in [6.07, 6.45) is 0.896. The minimum Gasteiger partial charge on any atom is -0.452 e. The zero-order chi connectivity index (χ0) is 16.7. The first-order valence-electron chi connectivity index (χ1n) is 8.23. The molecule has 1 aromatic carbocycles. The summed E-state index contributed by atoms with van der Waals surface area (Å²) >= 11 is 0. The van der Waals surface area contributed by atoms with Crippen LogP contribution in [0, 0.1) is 6.92 Å². The molecule has 118 valence electrons. The van der Waals surface area contributed by atoms with E-state index in [1.165, 1.54) is 5.56 Å². The maximum atomic E-state index is 13.1. The van der Waals surface area contributed by atoms with E-state index >= 15 is 0 Å². The molecule has 0 fully saturated rings. The largest absolute Gasteiger partial charge is 0.452 e. The van der Waals surface area contributed by atoms with Crippen LogP contribution >= 0.6 is 0 Å². The monoisotopic (exact) mass is 314 g/mol. The number of hydrogen-bond acceptors (Lipinski definition) is 2. The predicted octanol–water partition coefficient (Wildman–Crippen LogP) is 5.64. The Balaban J connectivity index is 1.88. The van der Waals surface area contributed by atoms with E-state index in [1.807, 2.05) is 61.5 Å². The predicted molar refractivity (Wildman–Crippen MR) is 96.8 cm³/mol. The smallest absolute Gasteiger partial charge is 0.228 e. The second kappa shape index (κ2) is 5.64. The normalized spacial score (nSPS) is 11.2. The van der Waals surface area contributed by atoms with Crippen LogP contribution in [-0.2, 0) is 6.42 Å². The van der Waals surface area contributed by atoms with Crippen LogP contribution in [0.15, 0.2) is 65.1 Å². The molecule has 2 aliphatic carbocycles. The maximum absolute atomic E-state index is 13.1. The SMILES string of the molecule is CCc1cc(C(=O)c2cc3cccc(C)c3o2)c2cccccc1-2. The van der Waals surface area contributed by atoms with Crippen LogP contribution < -0.4 is 0 Å². The fourth-order valence-electron chi connectivity index (χ4n) is 3.33. The van der Waals surface area contributed by atoms with Crippen LogP contribution in [-0.4, -0.2) is 5.78 Å². The van der Waals surface area contributed by atoms with Gasteiger partial charge in [0.25, 0.3) is 0 Å². The third kappa shape index (κ3) is 2.23. The lowest BCUT2D eigenvalue weighted by molar-refractivity contribution is 0.101. The van der Waals surface area contributed by atoms with E-state index in [4.69, 9.17) is 4.42 Å². The average Bonchev–Trinajstić information content (AvgIpc) is 3.09. The first-order valence-corrected chi connectivity index (χ1v) is 8.23. The molecular weight excluding hydrogens is 296 g/mol. The summed E-state index contributed by atoms with van der Waals surface area (Å²) in [4.78, 5) is 13.1. The number of ketones is 1. The van der Waals surface area contributed by atoms with E-state index in [9.17, 15) is 4.79 Å². The van der Waals surface area contributed by atoms with Gasteiger partial charge in [-0.2, -0.15) is 0 Å². The van der Waals surface area contributed by atoms with Crippen molar-refractivity contribution in [3.63, 3.8) is 0 Å². The number of rotatable bonds is 3. The van der Waals surface area contributed by atoms with E-state index in [0.717, 1.165) is 39.6 Å². The number of hydrogen-bond donors (Lipinski definition) is 0. The Labute approximate surface area is 141 Å². The lowest BCUT2D eigenvalue weighted by Crippen LogP contribution is -1.98. The summed E-state index contributed by atoms with van der Waals surface area (Å²) in [5.74, 6) is 0.349. The molecule has 0 spiro atoms. The van der Waals surface area contributed by atoms with Crippen molar-refractivity contribution in [3.8, 4) is 11.1 Å². The molecular formula is C22H18O2. The Morgan fingerprint density at radius 3 is 2.50 bits per heavy atom. The highest BCUT2D eigenvalue weighted by Crippen LogP contribution is 2.34. The molecule has 0 aliphatic heterocycles. The second-order valence-corrected chi connectivity index (χ2v) is 6.11. The van der Waals surface area contributed by atoms with Crippen molar-refractivity contribution >= 4 is 16.8 Å². The van der Waals surface area contributed by atoms with Crippen LogP contribution in [0.5, 0.6) is 0 Å². The highest BCUT2D eigenvalue weighted by molar-refractivity contribution is 6.14. The number of furan rings is 1. The Morgan fingerprint density at radius 1 is 0.958 bits per heavy atom. The van der Waals surface area contributed by atoms with Crippen molar-refractivity contribution in [2.45, 2.75) is 20.3 Å². The van der Waals surface area contributed by atoms with Crippen LogP contribution in [0.3, 0.4) is 0 Å². The van der Waals surface area contributed by atoms with Crippen molar-refractivity contribution < 1.29 is 9.21 Å². The lowest BCUT2D eigenvalue weighted by atomic mass is 10.0.